The molecule has 1 saturated heterocycles. The van der Waals surface area contributed by atoms with Crippen LogP contribution in [-0.4, -0.2) is 41.1 Å². The Morgan fingerprint density at radius 1 is 1.52 bits per heavy atom. The first kappa shape index (κ1) is 16.0. The van der Waals surface area contributed by atoms with Crippen LogP contribution in [0.1, 0.15) is 35.8 Å². The number of β-amino-alcohol motifs (C(OH)–C–C–N with tert-alkyl or cyclic N) is 1. The lowest BCUT2D eigenvalue weighted by atomic mass is 9.89. The second kappa shape index (κ2) is 6.14. The summed E-state index contributed by atoms with van der Waals surface area (Å²) in [5, 5.41) is 22.7. The van der Waals surface area contributed by atoms with Gasteiger partial charge < -0.3 is 10.4 Å². The zero-order valence-electron chi connectivity index (χ0n) is 12.7. The van der Waals surface area contributed by atoms with Gasteiger partial charge in [-0.1, -0.05) is 13.3 Å². The fourth-order valence-electron chi connectivity index (χ4n) is 2.74. The van der Waals surface area contributed by atoms with Crippen molar-refractivity contribution in [3.63, 3.8) is 0 Å². The summed E-state index contributed by atoms with van der Waals surface area (Å²) in [5.41, 5.74) is 0.860. The number of anilines is 1. The molecule has 1 fully saturated rings. The molecule has 21 heavy (non-hydrogen) atoms. The number of rotatable bonds is 5. The summed E-state index contributed by atoms with van der Waals surface area (Å²) in [6.07, 6.45) is 1.71. The van der Waals surface area contributed by atoms with E-state index in [9.17, 15) is 9.90 Å². The van der Waals surface area contributed by atoms with E-state index >= 15 is 0 Å². The van der Waals surface area contributed by atoms with Crippen LogP contribution in [0.5, 0.6) is 0 Å². The van der Waals surface area contributed by atoms with Gasteiger partial charge >= 0.3 is 0 Å². The van der Waals surface area contributed by atoms with E-state index in [1.807, 2.05) is 25.7 Å². The summed E-state index contributed by atoms with van der Waals surface area (Å²) < 4.78 is 0. The Morgan fingerprint density at radius 3 is 2.76 bits per heavy atom. The van der Waals surface area contributed by atoms with Crippen molar-refractivity contribution >= 4 is 22.2 Å². The maximum Gasteiger partial charge on any atom is 0.239 e. The van der Waals surface area contributed by atoms with Crippen LogP contribution >= 0.6 is 11.3 Å². The molecule has 0 bridgehead atoms. The van der Waals surface area contributed by atoms with Crippen molar-refractivity contribution in [3.8, 4) is 6.07 Å². The molecular weight excluding hydrogens is 286 g/mol. The standard InChI is InChI=1S/C15H21N3O2S/c1-4-5-15(20)8-18(9-15)7-13(19)17-14-12(6-16)10(2)11(3)21-14/h20H,4-5,7-9H2,1-3H3,(H,17,19). The largest absolute Gasteiger partial charge is 0.387 e. The average molecular weight is 307 g/mol. The van der Waals surface area contributed by atoms with Crippen molar-refractivity contribution in [1.29, 1.82) is 5.26 Å². The lowest BCUT2D eigenvalue weighted by Crippen LogP contribution is -2.62. The van der Waals surface area contributed by atoms with Crippen LogP contribution in [-0.2, 0) is 4.79 Å². The van der Waals surface area contributed by atoms with Gasteiger partial charge in [0.1, 0.15) is 11.1 Å². The van der Waals surface area contributed by atoms with Crippen LogP contribution in [0.3, 0.4) is 0 Å². The van der Waals surface area contributed by atoms with Gasteiger partial charge in [-0.2, -0.15) is 5.26 Å². The molecule has 5 nitrogen and oxygen atoms in total. The van der Waals surface area contributed by atoms with E-state index in [2.05, 4.69) is 11.4 Å². The van der Waals surface area contributed by atoms with Crippen molar-refractivity contribution in [1.82, 2.24) is 4.90 Å². The second-order valence-electron chi connectivity index (χ2n) is 5.77. The lowest BCUT2D eigenvalue weighted by Gasteiger charge is -2.46. The van der Waals surface area contributed by atoms with Gasteiger partial charge in [-0.3, -0.25) is 9.69 Å². The van der Waals surface area contributed by atoms with E-state index in [0.717, 1.165) is 23.3 Å². The summed E-state index contributed by atoms with van der Waals surface area (Å²) in [6, 6.07) is 2.14. The number of aryl methyl sites for hydroxylation is 1. The molecule has 114 valence electrons. The third kappa shape index (κ3) is 3.43. The Bertz CT molecular complexity index is 582. The van der Waals surface area contributed by atoms with Gasteiger partial charge in [0.15, 0.2) is 0 Å². The van der Waals surface area contributed by atoms with Gasteiger partial charge in [0.2, 0.25) is 5.91 Å². The molecule has 0 aliphatic carbocycles. The van der Waals surface area contributed by atoms with E-state index in [4.69, 9.17) is 5.26 Å². The lowest BCUT2D eigenvalue weighted by molar-refractivity contribution is -0.129. The van der Waals surface area contributed by atoms with Gasteiger partial charge in [0.05, 0.1) is 17.7 Å². The number of hydrogen-bond acceptors (Lipinski definition) is 5. The summed E-state index contributed by atoms with van der Waals surface area (Å²) in [6.45, 7) is 7.21. The van der Waals surface area contributed by atoms with Crippen LogP contribution in [0.25, 0.3) is 0 Å². The molecular formula is C15H21N3O2S. The zero-order valence-corrected chi connectivity index (χ0v) is 13.5. The van der Waals surface area contributed by atoms with Crippen molar-refractivity contribution in [2.24, 2.45) is 0 Å². The fraction of sp³-hybridized carbons (Fsp3) is 0.600. The number of aliphatic hydroxyl groups is 1. The highest BCUT2D eigenvalue weighted by molar-refractivity contribution is 7.16. The molecule has 2 rings (SSSR count). The van der Waals surface area contributed by atoms with E-state index in [1.165, 1.54) is 11.3 Å². The number of likely N-dealkylation sites (tertiary alicyclic amines) is 1. The number of carbonyl (C=O) groups excluding carboxylic acids is 1. The first-order chi connectivity index (χ1) is 9.88. The number of nitrogens with one attached hydrogen (secondary N) is 1. The highest BCUT2D eigenvalue weighted by Gasteiger charge is 2.40. The zero-order chi connectivity index (χ0) is 15.6. The van der Waals surface area contributed by atoms with E-state index in [0.29, 0.717) is 23.7 Å². The van der Waals surface area contributed by atoms with E-state index in [1.54, 1.807) is 0 Å². The topological polar surface area (TPSA) is 76.4 Å². The summed E-state index contributed by atoms with van der Waals surface area (Å²) >= 11 is 1.43. The molecule has 2 N–H and O–H groups in total. The van der Waals surface area contributed by atoms with Crippen molar-refractivity contribution in [2.75, 3.05) is 25.0 Å². The molecule has 2 heterocycles. The highest BCUT2D eigenvalue weighted by atomic mass is 32.1. The fourth-order valence-corrected chi connectivity index (χ4v) is 3.77. The maximum atomic E-state index is 12.0. The van der Waals surface area contributed by atoms with Gasteiger partial charge in [-0.15, -0.1) is 11.3 Å². The first-order valence-corrected chi connectivity index (χ1v) is 7.95. The molecule has 1 aliphatic rings. The minimum atomic E-state index is -0.622. The summed E-state index contributed by atoms with van der Waals surface area (Å²) in [5.74, 6) is -0.133. The van der Waals surface area contributed by atoms with Crippen molar-refractivity contribution < 1.29 is 9.90 Å². The van der Waals surface area contributed by atoms with Gasteiger partial charge in [-0.05, 0) is 25.8 Å². The molecule has 6 heteroatoms. The molecule has 0 spiro atoms. The summed E-state index contributed by atoms with van der Waals surface area (Å²) in [7, 11) is 0. The smallest absolute Gasteiger partial charge is 0.239 e. The van der Waals surface area contributed by atoms with Crippen LogP contribution in [0, 0.1) is 25.2 Å². The molecule has 1 aliphatic heterocycles. The Labute approximate surface area is 129 Å². The van der Waals surface area contributed by atoms with E-state index in [-0.39, 0.29) is 12.5 Å². The Hall–Kier alpha value is -1.42. The Morgan fingerprint density at radius 2 is 2.19 bits per heavy atom. The van der Waals surface area contributed by atoms with E-state index < -0.39 is 5.60 Å². The molecule has 0 unspecified atom stereocenters. The molecule has 1 aromatic rings. The second-order valence-corrected chi connectivity index (χ2v) is 6.99. The molecule has 0 saturated carbocycles. The Kier molecular flexibility index (Phi) is 4.67. The van der Waals surface area contributed by atoms with Crippen LogP contribution in [0.15, 0.2) is 0 Å². The third-order valence-electron chi connectivity index (χ3n) is 3.87. The Balaban J connectivity index is 1.90. The molecule has 0 atom stereocenters. The summed E-state index contributed by atoms with van der Waals surface area (Å²) in [4.78, 5) is 15.0. The minimum Gasteiger partial charge on any atom is -0.387 e. The molecule has 0 radical (unpaired) electrons. The van der Waals surface area contributed by atoms with Gasteiger partial charge in [-0.25, -0.2) is 0 Å². The van der Waals surface area contributed by atoms with Crippen LogP contribution < -0.4 is 5.32 Å². The third-order valence-corrected chi connectivity index (χ3v) is 4.99. The number of hydrogen-bond donors (Lipinski definition) is 2. The molecule has 1 aromatic heterocycles. The number of nitriles is 1. The van der Waals surface area contributed by atoms with Gasteiger partial charge in [0.25, 0.3) is 0 Å². The number of thiophene rings is 1. The minimum absolute atomic E-state index is 0.133. The predicted octanol–water partition coefficient (Wildman–Crippen LogP) is 2.02. The molecule has 0 aromatic carbocycles. The number of carbonyl (C=O) groups is 1. The van der Waals surface area contributed by atoms with Crippen molar-refractivity contribution in [2.45, 2.75) is 39.2 Å². The maximum absolute atomic E-state index is 12.0. The normalized spacial score (nSPS) is 17.1. The number of nitrogens with zero attached hydrogens (tertiary/aromatic N) is 2. The first-order valence-electron chi connectivity index (χ1n) is 7.13. The SMILES string of the molecule is CCCC1(O)CN(CC(=O)Nc2sc(C)c(C)c2C#N)C1. The van der Waals surface area contributed by atoms with Crippen molar-refractivity contribution in [3.05, 3.63) is 16.0 Å². The predicted molar refractivity (Wildman–Crippen MR) is 83.4 cm³/mol. The van der Waals surface area contributed by atoms with Gasteiger partial charge in [0, 0.05) is 18.0 Å². The average Bonchev–Trinajstić information content (AvgIpc) is 2.62. The monoisotopic (exact) mass is 307 g/mol. The molecule has 1 amide bonds. The van der Waals surface area contributed by atoms with Crippen LogP contribution in [0.2, 0.25) is 0 Å². The highest BCUT2D eigenvalue weighted by Crippen LogP contribution is 2.32. The van der Waals surface area contributed by atoms with Crippen LogP contribution in [0.4, 0.5) is 5.00 Å². The number of amides is 1. The quantitative estimate of drug-likeness (QED) is 0.872.